The summed E-state index contributed by atoms with van der Waals surface area (Å²) in [5.74, 6) is -1.44. The zero-order valence-electron chi connectivity index (χ0n) is 8.76. The van der Waals surface area contributed by atoms with Gasteiger partial charge in [-0.3, -0.25) is 4.79 Å². The minimum absolute atomic E-state index is 0.00292. The Balaban J connectivity index is 2.46. The van der Waals surface area contributed by atoms with Crippen molar-refractivity contribution in [2.45, 2.75) is 12.5 Å². The number of anilines is 1. The van der Waals surface area contributed by atoms with Crippen LogP contribution in [0.5, 0.6) is 0 Å². The van der Waals surface area contributed by atoms with Gasteiger partial charge in [-0.25, -0.2) is 4.79 Å². The van der Waals surface area contributed by atoms with Gasteiger partial charge in [0.15, 0.2) is 0 Å². The third-order valence-corrected chi connectivity index (χ3v) is 2.82. The van der Waals surface area contributed by atoms with Gasteiger partial charge in [0.1, 0.15) is 0 Å². The molecule has 1 fully saturated rings. The van der Waals surface area contributed by atoms with Gasteiger partial charge in [-0.1, -0.05) is 11.6 Å². The third kappa shape index (κ3) is 2.25. The van der Waals surface area contributed by atoms with Gasteiger partial charge in [0.25, 0.3) is 0 Å². The summed E-state index contributed by atoms with van der Waals surface area (Å²) < 4.78 is 0. The Hall–Kier alpha value is -1.59. The molecule has 0 aromatic heterocycles. The summed E-state index contributed by atoms with van der Waals surface area (Å²) in [5, 5.41) is 18.8. The van der Waals surface area contributed by atoms with Gasteiger partial charge in [-0.2, -0.15) is 0 Å². The molecule has 1 amide bonds. The molecule has 0 radical (unpaired) electrons. The first-order chi connectivity index (χ1) is 7.99. The predicted octanol–water partition coefficient (Wildman–Crippen LogP) is 1.14. The first-order valence-electron chi connectivity index (χ1n) is 5.00. The van der Waals surface area contributed by atoms with E-state index < -0.39 is 12.1 Å². The first-order valence-corrected chi connectivity index (χ1v) is 5.38. The number of rotatable bonds is 2. The lowest BCUT2D eigenvalue weighted by atomic mass is 10.1. The molecule has 1 aliphatic rings. The molecule has 90 valence electrons. The number of benzene rings is 1. The Morgan fingerprint density at radius 2 is 2.18 bits per heavy atom. The number of hydrogen-bond acceptors (Lipinski definition) is 3. The molecule has 0 spiro atoms. The fourth-order valence-corrected chi connectivity index (χ4v) is 2.00. The number of aliphatic hydroxyl groups excluding tert-OH is 1. The number of halogens is 1. The number of carboxylic acid groups (broad SMARTS) is 1. The normalized spacial score (nSPS) is 19.8. The van der Waals surface area contributed by atoms with E-state index in [4.69, 9.17) is 16.7 Å². The number of aromatic carboxylic acids is 1. The van der Waals surface area contributed by atoms with Crippen LogP contribution < -0.4 is 4.90 Å². The van der Waals surface area contributed by atoms with Gasteiger partial charge >= 0.3 is 5.97 Å². The smallest absolute Gasteiger partial charge is 0.337 e. The zero-order valence-corrected chi connectivity index (χ0v) is 9.52. The summed E-state index contributed by atoms with van der Waals surface area (Å²) in [5.41, 5.74) is 0.225. The maximum absolute atomic E-state index is 11.6. The molecule has 2 N–H and O–H groups in total. The number of β-amino-alcohol motifs (C(OH)–C–C–N with tert-alkyl or cyclic N) is 1. The lowest BCUT2D eigenvalue weighted by Crippen LogP contribution is -2.27. The maximum atomic E-state index is 11.6. The molecule has 1 heterocycles. The van der Waals surface area contributed by atoms with Crippen molar-refractivity contribution in [3.05, 3.63) is 28.8 Å². The Labute approximate surface area is 102 Å². The van der Waals surface area contributed by atoms with Gasteiger partial charge in [-0.05, 0) is 18.2 Å². The molecular weight excluding hydrogens is 246 g/mol. The van der Waals surface area contributed by atoms with E-state index in [0.29, 0.717) is 5.02 Å². The van der Waals surface area contributed by atoms with Crippen molar-refractivity contribution in [1.82, 2.24) is 0 Å². The van der Waals surface area contributed by atoms with E-state index in [-0.39, 0.29) is 30.1 Å². The minimum Gasteiger partial charge on any atom is -0.478 e. The molecule has 0 bridgehead atoms. The lowest BCUT2D eigenvalue weighted by molar-refractivity contribution is -0.117. The number of carbonyl (C=O) groups is 2. The van der Waals surface area contributed by atoms with E-state index in [0.717, 1.165) is 0 Å². The van der Waals surface area contributed by atoms with Crippen molar-refractivity contribution in [3.63, 3.8) is 0 Å². The second-order valence-electron chi connectivity index (χ2n) is 3.83. The SMILES string of the molecule is O=C(O)c1ccc(Cl)cc1N1CC(O)CC1=O. The second kappa shape index (κ2) is 4.35. The lowest BCUT2D eigenvalue weighted by Gasteiger charge is -2.18. The van der Waals surface area contributed by atoms with Crippen LogP contribution >= 0.6 is 11.6 Å². The molecule has 0 saturated carbocycles. The molecular formula is C11H10ClNO4. The summed E-state index contributed by atoms with van der Waals surface area (Å²) in [6.07, 6.45) is -0.755. The summed E-state index contributed by atoms with van der Waals surface area (Å²) in [4.78, 5) is 23.9. The largest absolute Gasteiger partial charge is 0.478 e. The van der Waals surface area contributed by atoms with Crippen molar-refractivity contribution in [2.24, 2.45) is 0 Å². The van der Waals surface area contributed by atoms with E-state index in [9.17, 15) is 14.7 Å². The maximum Gasteiger partial charge on any atom is 0.337 e. The van der Waals surface area contributed by atoms with Crippen molar-refractivity contribution in [1.29, 1.82) is 0 Å². The van der Waals surface area contributed by atoms with Gasteiger partial charge in [0, 0.05) is 5.02 Å². The highest BCUT2D eigenvalue weighted by Crippen LogP contribution is 2.28. The fourth-order valence-electron chi connectivity index (χ4n) is 1.83. The molecule has 1 saturated heterocycles. The molecule has 5 nitrogen and oxygen atoms in total. The van der Waals surface area contributed by atoms with E-state index in [1.807, 2.05) is 0 Å². The minimum atomic E-state index is -1.13. The van der Waals surface area contributed by atoms with Crippen LogP contribution in [0.4, 0.5) is 5.69 Å². The molecule has 1 atom stereocenters. The van der Waals surface area contributed by atoms with E-state index in [1.54, 1.807) is 0 Å². The van der Waals surface area contributed by atoms with Crippen LogP contribution in [0.1, 0.15) is 16.8 Å². The van der Waals surface area contributed by atoms with Crippen LogP contribution in [0, 0.1) is 0 Å². The second-order valence-corrected chi connectivity index (χ2v) is 4.27. The third-order valence-electron chi connectivity index (χ3n) is 2.59. The highest BCUT2D eigenvalue weighted by atomic mass is 35.5. The van der Waals surface area contributed by atoms with Gasteiger partial charge in [0.05, 0.1) is 30.3 Å². The van der Waals surface area contributed by atoms with Crippen LogP contribution in [0.25, 0.3) is 0 Å². The van der Waals surface area contributed by atoms with Crippen LogP contribution in [-0.2, 0) is 4.79 Å². The topological polar surface area (TPSA) is 77.8 Å². The number of amides is 1. The molecule has 2 rings (SSSR count). The van der Waals surface area contributed by atoms with Crippen LogP contribution in [0.2, 0.25) is 5.02 Å². The fraction of sp³-hybridized carbons (Fsp3) is 0.273. The Morgan fingerprint density at radius 3 is 2.71 bits per heavy atom. The Kier molecular flexibility index (Phi) is 3.04. The molecule has 6 heteroatoms. The highest BCUT2D eigenvalue weighted by Gasteiger charge is 2.31. The average molecular weight is 256 g/mol. The molecule has 1 unspecified atom stereocenters. The Morgan fingerprint density at radius 1 is 1.47 bits per heavy atom. The highest BCUT2D eigenvalue weighted by molar-refractivity contribution is 6.31. The van der Waals surface area contributed by atoms with Crippen molar-refractivity contribution < 1.29 is 19.8 Å². The van der Waals surface area contributed by atoms with Gasteiger partial charge in [-0.15, -0.1) is 0 Å². The number of nitrogens with zero attached hydrogens (tertiary/aromatic N) is 1. The molecule has 1 aromatic rings. The summed E-state index contributed by atoms with van der Waals surface area (Å²) in [7, 11) is 0. The first kappa shape index (κ1) is 11.9. The van der Waals surface area contributed by atoms with E-state index >= 15 is 0 Å². The summed E-state index contributed by atoms with van der Waals surface area (Å²) in [6.45, 7) is 0.0967. The van der Waals surface area contributed by atoms with Gasteiger partial charge in [0.2, 0.25) is 5.91 Å². The summed E-state index contributed by atoms with van der Waals surface area (Å²) in [6, 6.07) is 4.21. The summed E-state index contributed by atoms with van der Waals surface area (Å²) >= 11 is 5.79. The van der Waals surface area contributed by atoms with Crippen molar-refractivity contribution in [3.8, 4) is 0 Å². The van der Waals surface area contributed by atoms with E-state index in [2.05, 4.69) is 0 Å². The average Bonchev–Trinajstić information content (AvgIpc) is 2.57. The molecule has 1 aromatic carbocycles. The number of aliphatic hydroxyl groups is 1. The quantitative estimate of drug-likeness (QED) is 0.831. The van der Waals surface area contributed by atoms with Gasteiger partial charge < -0.3 is 15.1 Å². The zero-order chi connectivity index (χ0) is 12.6. The van der Waals surface area contributed by atoms with Crippen molar-refractivity contribution in [2.75, 3.05) is 11.4 Å². The van der Waals surface area contributed by atoms with Crippen LogP contribution in [-0.4, -0.2) is 34.7 Å². The molecule has 17 heavy (non-hydrogen) atoms. The van der Waals surface area contributed by atoms with Crippen LogP contribution in [0.15, 0.2) is 18.2 Å². The standard InChI is InChI=1S/C11H10ClNO4/c12-6-1-2-8(11(16)17)9(3-6)13-5-7(14)4-10(13)15/h1-3,7,14H,4-5H2,(H,16,17). The molecule has 1 aliphatic heterocycles. The number of carboxylic acids is 1. The van der Waals surface area contributed by atoms with Crippen molar-refractivity contribution >= 4 is 29.2 Å². The number of carbonyl (C=O) groups excluding carboxylic acids is 1. The van der Waals surface area contributed by atoms with E-state index in [1.165, 1.54) is 23.1 Å². The monoisotopic (exact) mass is 255 g/mol. The Bertz CT molecular complexity index is 488. The molecule has 0 aliphatic carbocycles. The van der Waals surface area contributed by atoms with Crippen LogP contribution in [0.3, 0.4) is 0 Å². The number of hydrogen-bond donors (Lipinski definition) is 2. The predicted molar refractivity (Wildman–Crippen MR) is 61.4 cm³/mol.